The van der Waals surface area contributed by atoms with Gasteiger partial charge in [-0.2, -0.15) is 0 Å². The molecule has 2 rings (SSSR count). The van der Waals surface area contributed by atoms with Gasteiger partial charge >= 0.3 is 5.76 Å². The summed E-state index contributed by atoms with van der Waals surface area (Å²) in [4.78, 5) is 13.7. The molecule has 0 saturated carbocycles. The maximum Gasteiger partial charge on any atom is 0.417 e. The van der Waals surface area contributed by atoms with Gasteiger partial charge in [-0.15, -0.1) is 0 Å². The fourth-order valence-electron chi connectivity index (χ4n) is 1.85. The zero-order chi connectivity index (χ0) is 12.3. The third-order valence-electron chi connectivity index (χ3n) is 2.79. The van der Waals surface area contributed by atoms with Crippen LogP contribution in [0.15, 0.2) is 27.4 Å². The maximum atomic E-state index is 11.1. The molecular formula is C12H17N3O2. The van der Waals surface area contributed by atoms with E-state index in [1.54, 1.807) is 0 Å². The zero-order valence-electron chi connectivity index (χ0n) is 10.0. The van der Waals surface area contributed by atoms with E-state index in [2.05, 4.69) is 22.5 Å². The molecule has 0 fully saturated rings. The van der Waals surface area contributed by atoms with Gasteiger partial charge in [0.05, 0.1) is 5.52 Å². The first-order chi connectivity index (χ1) is 8.24. The molecule has 1 heterocycles. The summed E-state index contributed by atoms with van der Waals surface area (Å²) in [5, 5.41) is 6.52. The van der Waals surface area contributed by atoms with Crippen LogP contribution in [-0.2, 0) is 0 Å². The topological polar surface area (TPSA) is 70.1 Å². The van der Waals surface area contributed by atoms with Gasteiger partial charge in [0.25, 0.3) is 0 Å². The SMILES string of the molecule is CCNCC(NC)c1ccc2[nH]c(=O)oc2c1. The molecule has 0 spiro atoms. The van der Waals surface area contributed by atoms with Crippen molar-refractivity contribution >= 4 is 11.1 Å². The molecule has 1 aromatic carbocycles. The zero-order valence-corrected chi connectivity index (χ0v) is 10.0. The molecule has 0 radical (unpaired) electrons. The van der Waals surface area contributed by atoms with E-state index in [-0.39, 0.29) is 6.04 Å². The minimum absolute atomic E-state index is 0.208. The Balaban J connectivity index is 2.30. The molecule has 17 heavy (non-hydrogen) atoms. The van der Waals surface area contributed by atoms with Crippen LogP contribution in [0.5, 0.6) is 0 Å². The predicted molar refractivity (Wildman–Crippen MR) is 67.2 cm³/mol. The van der Waals surface area contributed by atoms with Crippen LogP contribution in [-0.4, -0.2) is 25.1 Å². The molecule has 0 saturated heterocycles. The lowest BCUT2D eigenvalue weighted by Crippen LogP contribution is -2.29. The Bertz CT molecular complexity index is 544. The molecule has 5 heteroatoms. The first-order valence-corrected chi connectivity index (χ1v) is 5.75. The predicted octanol–water partition coefficient (Wildman–Crippen LogP) is 0.991. The molecule has 0 aliphatic rings. The van der Waals surface area contributed by atoms with Crippen LogP contribution in [0.2, 0.25) is 0 Å². The largest absolute Gasteiger partial charge is 0.417 e. The van der Waals surface area contributed by atoms with Gasteiger partial charge in [0.1, 0.15) is 0 Å². The molecule has 1 unspecified atom stereocenters. The number of fused-ring (bicyclic) bond motifs is 1. The quantitative estimate of drug-likeness (QED) is 0.723. The third-order valence-corrected chi connectivity index (χ3v) is 2.79. The van der Waals surface area contributed by atoms with Crippen LogP contribution in [0, 0.1) is 0 Å². The number of aromatic amines is 1. The Morgan fingerprint density at radius 3 is 3.00 bits per heavy atom. The highest BCUT2D eigenvalue weighted by molar-refractivity contribution is 5.72. The second-order valence-corrected chi connectivity index (χ2v) is 3.92. The molecule has 0 aliphatic carbocycles. The van der Waals surface area contributed by atoms with Crippen molar-refractivity contribution in [2.75, 3.05) is 20.1 Å². The summed E-state index contributed by atoms with van der Waals surface area (Å²) in [6, 6.07) is 5.96. The van der Waals surface area contributed by atoms with E-state index in [1.807, 2.05) is 25.2 Å². The molecular weight excluding hydrogens is 218 g/mol. The van der Waals surface area contributed by atoms with Crippen molar-refractivity contribution in [3.8, 4) is 0 Å². The second kappa shape index (κ2) is 5.16. The van der Waals surface area contributed by atoms with Gasteiger partial charge in [0.2, 0.25) is 0 Å². The molecule has 0 amide bonds. The Kier molecular flexibility index (Phi) is 3.61. The molecule has 3 N–H and O–H groups in total. The number of likely N-dealkylation sites (N-methyl/N-ethyl adjacent to an activating group) is 2. The summed E-state index contributed by atoms with van der Waals surface area (Å²) in [6.07, 6.45) is 0. The number of H-pyrrole nitrogens is 1. The van der Waals surface area contributed by atoms with Crippen LogP contribution >= 0.6 is 0 Å². The van der Waals surface area contributed by atoms with Gasteiger partial charge in [-0.25, -0.2) is 4.79 Å². The minimum atomic E-state index is -0.412. The number of oxazole rings is 1. The lowest BCUT2D eigenvalue weighted by Gasteiger charge is -2.16. The van der Waals surface area contributed by atoms with Crippen LogP contribution in [0.1, 0.15) is 18.5 Å². The fraction of sp³-hybridized carbons (Fsp3) is 0.417. The van der Waals surface area contributed by atoms with Gasteiger partial charge in [0.15, 0.2) is 5.58 Å². The highest BCUT2D eigenvalue weighted by Crippen LogP contribution is 2.17. The highest BCUT2D eigenvalue weighted by atomic mass is 16.4. The maximum absolute atomic E-state index is 11.1. The smallest absolute Gasteiger partial charge is 0.408 e. The highest BCUT2D eigenvalue weighted by Gasteiger charge is 2.10. The lowest BCUT2D eigenvalue weighted by molar-refractivity contribution is 0.534. The summed E-state index contributed by atoms with van der Waals surface area (Å²) in [5.74, 6) is -0.412. The standard InChI is InChI=1S/C12H17N3O2/c1-3-14-7-10(13-2)8-4-5-9-11(6-8)17-12(16)15-9/h4-6,10,13-14H,3,7H2,1-2H3,(H,15,16). The summed E-state index contributed by atoms with van der Waals surface area (Å²) < 4.78 is 5.05. The second-order valence-electron chi connectivity index (χ2n) is 3.92. The number of nitrogens with one attached hydrogen (secondary N) is 3. The number of aromatic nitrogens is 1. The summed E-state index contributed by atoms with van der Waals surface area (Å²) in [7, 11) is 1.92. The first kappa shape index (κ1) is 11.9. The van der Waals surface area contributed by atoms with Gasteiger partial charge < -0.3 is 15.1 Å². The van der Waals surface area contributed by atoms with Crippen LogP contribution in [0.25, 0.3) is 11.1 Å². The summed E-state index contributed by atoms with van der Waals surface area (Å²) >= 11 is 0. The Hall–Kier alpha value is -1.59. The van der Waals surface area contributed by atoms with E-state index < -0.39 is 5.76 Å². The number of rotatable bonds is 5. The van der Waals surface area contributed by atoms with Crippen molar-refractivity contribution < 1.29 is 4.42 Å². The minimum Gasteiger partial charge on any atom is -0.408 e. The van der Waals surface area contributed by atoms with E-state index in [9.17, 15) is 4.79 Å². The average molecular weight is 235 g/mol. The molecule has 92 valence electrons. The van der Waals surface area contributed by atoms with Gasteiger partial charge in [0, 0.05) is 12.6 Å². The molecule has 0 bridgehead atoms. The molecule has 2 aromatic rings. The van der Waals surface area contributed by atoms with E-state index in [4.69, 9.17) is 4.42 Å². The number of hydrogen-bond acceptors (Lipinski definition) is 4. The van der Waals surface area contributed by atoms with Crippen molar-refractivity contribution in [2.45, 2.75) is 13.0 Å². The average Bonchev–Trinajstić information content (AvgIpc) is 2.69. The Labute approximate surface area is 99.2 Å². The van der Waals surface area contributed by atoms with Crippen molar-refractivity contribution in [1.82, 2.24) is 15.6 Å². The molecule has 1 atom stereocenters. The Morgan fingerprint density at radius 1 is 1.47 bits per heavy atom. The van der Waals surface area contributed by atoms with Crippen LogP contribution in [0.3, 0.4) is 0 Å². The van der Waals surface area contributed by atoms with Gasteiger partial charge in [-0.1, -0.05) is 13.0 Å². The van der Waals surface area contributed by atoms with E-state index >= 15 is 0 Å². The normalized spacial score (nSPS) is 13.1. The lowest BCUT2D eigenvalue weighted by atomic mass is 10.1. The van der Waals surface area contributed by atoms with Crippen molar-refractivity contribution in [3.05, 3.63) is 34.3 Å². The van der Waals surface area contributed by atoms with Crippen molar-refractivity contribution in [3.63, 3.8) is 0 Å². The monoisotopic (exact) mass is 235 g/mol. The molecule has 5 nitrogen and oxygen atoms in total. The van der Waals surface area contributed by atoms with Gasteiger partial charge in [-0.3, -0.25) is 4.98 Å². The van der Waals surface area contributed by atoms with E-state index in [1.165, 1.54) is 0 Å². The van der Waals surface area contributed by atoms with Crippen LogP contribution in [0.4, 0.5) is 0 Å². The van der Waals surface area contributed by atoms with Crippen molar-refractivity contribution in [1.29, 1.82) is 0 Å². The first-order valence-electron chi connectivity index (χ1n) is 5.75. The summed E-state index contributed by atoms with van der Waals surface area (Å²) in [6.45, 7) is 3.84. The fourth-order valence-corrected chi connectivity index (χ4v) is 1.85. The van der Waals surface area contributed by atoms with Crippen LogP contribution < -0.4 is 16.4 Å². The summed E-state index contributed by atoms with van der Waals surface area (Å²) in [5.41, 5.74) is 2.44. The van der Waals surface area contributed by atoms with E-state index in [0.717, 1.165) is 24.2 Å². The Morgan fingerprint density at radius 2 is 2.29 bits per heavy atom. The number of benzene rings is 1. The van der Waals surface area contributed by atoms with Crippen molar-refractivity contribution in [2.24, 2.45) is 0 Å². The molecule has 1 aromatic heterocycles. The molecule has 0 aliphatic heterocycles. The van der Waals surface area contributed by atoms with E-state index in [0.29, 0.717) is 5.58 Å². The van der Waals surface area contributed by atoms with Gasteiger partial charge in [-0.05, 0) is 31.3 Å². The third kappa shape index (κ3) is 2.57. The number of hydrogen-bond donors (Lipinski definition) is 3.